The molecule has 7 nitrogen and oxygen atoms in total. The van der Waals surface area contributed by atoms with Gasteiger partial charge in [0.15, 0.2) is 0 Å². The number of rotatable bonds is 6. The normalized spacial score (nSPS) is 12.0. The summed E-state index contributed by atoms with van der Waals surface area (Å²) in [6.07, 6.45) is 0. The molecule has 1 atom stereocenters. The Balaban J connectivity index is 2.79. The topological polar surface area (TPSA) is 110 Å². The van der Waals surface area contributed by atoms with Crippen molar-refractivity contribution in [1.82, 2.24) is 5.32 Å². The number of nitrogens with one attached hydrogen (secondary N) is 1. The maximum atomic E-state index is 13.4. The van der Waals surface area contributed by atoms with Gasteiger partial charge in [-0.15, -0.1) is 0 Å². The third kappa shape index (κ3) is 4.23. The van der Waals surface area contributed by atoms with Gasteiger partial charge in [-0.1, -0.05) is 13.8 Å². The summed E-state index contributed by atoms with van der Waals surface area (Å²) in [6.45, 7) is 3.30. The summed E-state index contributed by atoms with van der Waals surface area (Å²) in [5.41, 5.74) is -0.830. The fraction of sp³-hybridized carbons (Fsp3) is 0.385. The number of hydrogen-bond donors (Lipinski definition) is 2. The summed E-state index contributed by atoms with van der Waals surface area (Å²) in [4.78, 5) is 32.3. The van der Waals surface area contributed by atoms with Gasteiger partial charge in [-0.25, -0.2) is 0 Å². The Morgan fingerprint density at radius 2 is 2.05 bits per heavy atom. The molecular formula is C13H15FN2O5. The number of carboxylic acid groups (broad SMARTS) is 1. The molecule has 114 valence electrons. The van der Waals surface area contributed by atoms with Crippen LogP contribution >= 0.6 is 0 Å². The molecule has 0 aliphatic rings. The number of halogens is 1. The van der Waals surface area contributed by atoms with E-state index in [1.54, 1.807) is 13.8 Å². The molecule has 1 unspecified atom stereocenters. The maximum Gasteiger partial charge on any atom is 0.308 e. The van der Waals surface area contributed by atoms with Crippen LogP contribution in [0.2, 0.25) is 0 Å². The summed E-state index contributed by atoms with van der Waals surface area (Å²) in [5.74, 6) is -3.80. The van der Waals surface area contributed by atoms with Gasteiger partial charge in [-0.3, -0.25) is 19.7 Å². The third-order valence-electron chi connectivity index (χ3n) is 3.01. The Bertz CT molecular complexity index is 574. The minimum atomic E-state index is -1.12. The first kappa shape index (κ1) is 16.5. The van der Waals surface area contributed by atoms with Gasteiger partial charge in [0.1, 0.15) is 0 Å². The molecule has 1 aromatic carbocycles. The standard InChI is InChI=1S/C13H15FN2O5/c1-7(2)9(13(18)19)6-15-12(17)8-3-4-11(16(20)21)10(14)5-8/h3-5,7,9H,6H2,1-2H3,(H,15,17)(H,18,19). The van der Waals surface area contributed by atoms with Crippen molar-refractivity contribution in [2.24, 2.45) is 11.8 Å². The highest BCUT2D eigenvalue weighted by Crippen LogP contribution is 2.18. The summed E-state index contributed by atoms with van der Waals surface area (Å²) in [6, 6.07) is 2.75. The zero-order chi connectivity index (χ0) is 16.2. The molecule has 0 spiro atoms. The minimum absolute atomic E-state index is 0.106. The number of carbonyl (C=O) groups excluding carboxylic acids is 1. The Morgan fingerprint density at radius 1 is 1.43 bits per heavy atom. The highest BCUT2D eigenvalue weighted by atomic mass is 19.1. The number of carboxylic acids is 1. The second-order valence-electron chi connectivity index (χ2n) is 4.82. The molecule has 0 radical (unpaired) electrons. The predicted molar refractivity (Wildman–Crippen MR) is 71.4 cm³/mol. The maximum absolute atomic E-state index is 13.4. The van der Waals surface area contributed by atoms with Crippen molar-refractivity contribution in [2.75, 3.05) is 6.54 Å². The highest BCUT2D eigenvalue weighted by Gasteiger charge is 2.23. The molecule has 0 saturated heterocycles. The van der Waals surface area contributed by atoms with Crippen LogP contribution in [-0.2, 0) is 4.79 Å². The van der Waals surface area contributed by atoms with Gasteiger partial charge in [0.2, 0.25) is 5.82 Å². The first-order valence-electron chi connectivity index (χ1n) is 6.19. The zero-order valence-corrected chi connectivity index (χ0v) is 11.5. The van der Waals surface area contributed by atoms with Crippen LogP contribution in [0.1, 0.15) is 24.2 Å². The lowest BCUT2D eigenvalue weighted by Gasteiger charge is -2.16. The molecule has 0 heterocycles. The van der Waals surface area contributed by atoms with E-state index in [0.29, 0.717) is 0 Å². The monoisotopic (exact) mass is 298 g/mol. The zero-order valence-electron chi connectivity index (χ0n) is 11.5. The van der Waals surface area contributed by atoms with Crippen LogP contribution in [0, 0.1) is 27.8 Å². The quantitative estimate of drug-likeness (QED) is 0.615. The van der Waals surface area contributed by atoms with Crippen molar-refractivity contribution in [3.63, 3.8) is 0 Å². The number of amides is 1. The average Bonchev–Trinajstić information content (AvgIpc) is 2.37. The van der Waals surface area contributed by atoms with Gasteiger partial charge in [0.05, 0.1) is 10.8 Å². The van der Waals surface area contributed by atoms with Crippen LogP contribution in [0.25, 0.3) is 0 Å². The van der Waals surface area contributed by atoms with Crippen molar-refractivity contribution < 1.29 is 24.0 Å². The van der Waals surface area contributed by atoms with E-state index in [-0.39, 0.29) is 18.0 Å². The largest absolute Gasteiger partial charge is 0.481 e. The molecule has 8 heteroatoms. The Labute approximate surface area is 119 Å². The number of nitro benzene ring substituents is 1. The predicted octanol–water partition coefficient (Wildman–Crippen LogP) is 1.82. The summed E-state index contributed by atoms with van der Waals surface area (Å²) < 4.78 is 13.4. The van der Waals surface area contributed by atoms with Crippen LogP contribution < -0.4 is 5.32 Å². The fourth-order valence-corrected chi connectivity index (χ4v) is 1.71. The molecule has 1 rings (SSSR count). The molecule has 0 fully saturated rings. The highest BCUT2D eigenvalue weighted by molar-refractivity contribution is 5.94. The number of benzene rings is 1. The lowest BCUT2D eigenvalue weighted by molar-refractivity contribution is -0.387. The Hall–Kier alpha value is -2.51. The van der Waals surface area contributed by atoms with Crippen molar-refractivity contribution in [2.45, 2.75) is 13.8 Å². The average molecular weight is 298 g/mol. The molecule has 0 bridgehead atoms. The van der Waals surface area contributed by atoms with Crippen molar-refractivity contribution in [1.29, 1.82) is 0 Å². The number of nitrogens with zero attached hydrogens (tertiary/aromatic N) is 1. The van der Waals surface area contributed by atoms with E-state index in [0.717, 1.165) is 18.2 Å². The number of hydrogen-bond acceptors (Lipinski definition) is 4. The molecule has 1 aromatic rings. The Kier molecular flexibility index (Phi) is 5.34. The number of aliphatic carboxylic acids is 1. The van der Waals surface area contributed by atoms with Crippen LogP contribution in [0.5, 0.6) is 0 Å². The first-order valence-corrected chi connectivity index (χ1v) is 6.19. The molecule has 0 saturated carbocycles. The number of carbonyl (C=O) groups is 2. The number of nitro groups is 1. The summed E-state index contributed by atoms with van der Waals surface area (Å²) in [7, 11) is 0. The van der Waals surface area contributed by atoms with E-state index >= 15 is 0 Å². The molecular weight excluding hydrogens is 283 g/mol. The molecule has 1 amide bonds. The minimum Gasteiger partial charge on any atom is -0.481 e. The first-order chi connectivity index (χ1) is 9.73. The van der Waals surface area contributed by atoms with E-state index < -0.39 is 34.2 Å². The van der Waals surface area contributed by atoms with Crippen molar-refractivity contribution >= 4 is 17.6 Å². The van der Waals surface area contributed by atoms with E-state index in [2.05, 4.69) is 5.32 Å². The van der Waals surface area contributed by atoms with Gasteiger partial charge in [-0.05, 0) is 18.1 Å². The lowest BCUT2D eigenvalue weighted by atomic mass is 9.96. The van der Waals surface area contributed by atoms with Crippen LogP contribution in [0.4, 0.5) is 10.1 Å². The lowest BCUT2D eigenvalue weighted by Crippen LogP contribution is -2.35. The fourth-order valence-electron chi connectivity index (χ4n) is 1.71. The van der Waals surface area contributed by atoms with E-state index in [9.17, 15) is 24.1 Å². The SMILES string of the molecule is CC(C)C(CNC(=O)c1ccc([N+](=O)[O-])c(F)c1)C(=O)O. The van der Waals surface area contributed by atoms with Gasteiger partial charge in [0, 0.05) is 18.2 Å². The third-order valence-corrected chi connectivity index (χ3v) is 3.01. The Morgan fingerprint density at radius 3 is 2.48 bits per heavy atom. The van der Waals surface area contributed by atoms with Crippen LogP contribution in [-0.4, -0.2) is 28.5 Å². The van der Waals surface area contributed by atoms with Crippen molar-refractivity contribution in [3.05, 3.63) is 39.7 Å². The molecule has 21 heavy (non-hydrogen) atoms. The van der Waals surface area contributed by atoms with E-state index in [1.165, 1.54) is 0 Å². The van der Waals surface area contributed by atoms with Gasteiger partial charge < -0.3 is 10.4 Å². The van der Waals surface area contributed by atoms with Crippen molar-refractivity contribution in [3.8, 4) is 0 Å². The second kappa shape index (κ2) is 6.78. The van der Waals surface area contributed by atoms with E-state index in [1.807, 2.05) is 0 Å². The molecule has 0 aromatic heterocycles. The van der Waals surface area contributed by atoms with Gasteiger partial charge in [-0.2, -0.15) is 4.39 Å². The van der Waals surface area contributed by atoms with Gasteiger partial charge >= 0.3 is 11.7 Å². The molecule has 0 aliphatic heterocycles. The van der Waals surface area contributed by atoms with E-state index in [4.69, 9.17) is 5.11 Å². The van der Waals surface area contributed by atoms with Gasteiger partial charge in [0.25, 0.3) is 5.91 Å². The summed E-state index contributed by atoms with van der Waals surface area (Å²) in [5, 5.41) is 21.8. The second-order valence-corrected chi connectivity index (χ2v) is 4.82. The molecule has 2 N–H and O–H groups in total. The smallest absolute Gasteiger partial charge is 0.308 e. The van der Waals surface area contributed by atoms with Crippen LogP contribution in [0.3, 0.4) is 0 Å². The van der Waals surface area contributed by atoms with Crippen LogP contribution in [0.15, 0.2) is 18.2 Å². The molecule has 0 aliphatic carbocycles. The summed E-state index contributed by atoms with van der Waals surface area (Å²) >= 11 is 0.